The van der Waals surface area contributed by atoms with Gasteiger partial charge in [0.1, 0.15) is 5.82 Å². The van der Waals surface area contributed by atoms with Gasteiger partial charge in [-0.3, -0.25) is 14.4 Å². The van der Waals surface area contributed by atoms with E-state index in [9.17, 15) is 45.1 Å². The predicted molar refractivity (Wildman–Crippen MR) is 142 cm³/mol. The number of likely N-dealkylation sites (N-methyl/N-ethyl adjacent to an activating group) is 1. The monoisotopic (exact) mass is 615 g/mol. The van der Waals surface area contributed by atoms with Crippen molar-refractivity contribution in [2.75, 3.05) is 33.2 Å². The number of benzene rings is 2. The molecule has 43 heavy (non-hydrogen) atoms. The molecule has 13 heteroatoms. The van der Waals surface area contributed by atoms with Crippen molar-refractivity contribution in [3.05, 3.63) is 70.0 Å². The van der Waals surface area contributed by atoms with Crippen LogP contribution in [-0.2, 0) is 21.9 Å². The Morgan fingerprint density at radius 2 is 1.40 bits per heavy atom. The third-order valence-corrected chi connectivity index (χ3v) is 8.46. The molecule has 2 aromatic carbocycles. The largest absolute Gasteiger partial charge is 0.416 e. The van der Waals surface area contributed by atoms with Crippen molar-refractivity contribution >= 4 is 17.7 Å². The van der Waals surface area contributed by atoms with Gasteiger partial charge in [-0.05, 0) is 67.6 Å². The van der Waals surface area contributed by atoms with Gasteiger partial charge in [0.25, 0.3) is 5.91 Å². The first-order chi connectivity index (χ1) is 20.0. The second-order valence-corrected chi connectivity index (χ2v) is 11.2. The highest BCUT2D eigenvalue weighted by Gasteiger charge is 2.41. The van der Waals surface area contributed by atoms with Crippen molar-refractivity contribution in [1.82, 2.24) is 14.7 Å². The average Bonchev–Trinajstić information content (AvgIpc) is 2.94. The van der Waals surface area contributed by atoms with Gasteiger partial charge in [-0.25, -0.2) is 4.39 Å². The van der Waals surface area contributed by atoms with Crippen molar-refractivity contribution in [2.45, 2.75) is 57.4 Å². The molecule has 6 nitrogen and oxygen atoms in total. The summed E-state index contributed by atoms with van der Waals surface area (Å²) in [6.45, 7) is 4.30. The van der Waals surface area contributed by atoms with Gasteiger partial charge in [0.05, 0.1) is 11.1 Å². The van der Waals surface area contributed by atoms with Gasteiger partial charge < -0.3 is 14.7 Å². The van der Waals surface area contributed by atoms with E-state index < -0.39 is 52.7 Å². The molecule has 0 N–H and O–H groups in total. The summed E-state index contributed by atoms with van der Waals surface area (Å²) in [6.07, 6.45) is -9.08. The van der Waals surface area contributed by atoms with E-state index in [1.54, 1.807) is 16.7 Å². The molecule has 4 rings (SSSR count). The van der Waals surface area contributed by atoms with E-state index in [1.165, 1.54) is 32.2 Å². The zero-order chi connectivity index (χ0) is 31.9. The number of carbonyl (C=O) groups excluding carboxylic acids is 3. The van der Waals surface area contributed by atoms with Crippen LogP contribution in [0.5, 0.6) is 0 Å². The molecule has 0 bridgehead atoms. The highest BCUT2D eigenvalue weighted by molar-refractivity contribution is 5.95. The lowest BCUT2D eigenvalue weighted by Gasteiger charge is -2.44. The maximum Gasteiger partial charge on any atom is 0.416 e. The van der Waals surface area contributed by atoms with E-state index in [0.717, 1.165) is 4.90 Å². The summed E-state index contributed by atoms with van der Waals surface area (Å²) < 4.78 is 94.8. The predicted octanol–water partition coefficient (Wildman–Crippen LogP) is 5.89. The number of nitrogens with zero attached hydrogens (tertiary/aromatic N) is 3. The summed E-state index contributed by atoms with van der Waals surface area (Å²) in [5, 5.41) is 0. The Morgan fingerprint density at radius 1 is 0.837 bits per heavy atom. The Kier molecular flexibility index (Phi) is 9.13. The lowest BCUT2D eigenvalue weighted by Crippen LogP contribution is -2.53. The summed E-state index contributed by atoms with van der Waals surface area (Å²) >= 11 is 0. The van der Waals surface area contributed by atoms with Gasteiger partial charge in [0.15, 0.2) is 0 Å². The number of piperidine rings is 2. The third-order valence-electron chi connectivity index (χ3n) is 8.46. The molecule has 2 saturated heterocycles. The molecule has 2 aliphatic rings. The van der Waals surface area contributed by atoms with Crippen LogP contribution >= 0.6 is 0 Å². The minimum absolute atomic E-state index is 0.0353. The Labute approximate surface area is 244 Å². The summed E-state index contributed by atoms with van der Waals surface area (Å²) in [5.74, 6) is -2.68. The van der Waals surface area contributed by atoms with Crippen molar-refractivity contribution < 1.29 is 45.1 Å². The number of hydrogen-bond acceptors (Lipinski definition) is 3. The van der Waals surface area contributed by atoms with Crippen molar-refractivity contribution in [1.29, 1.82) is 0 Å². The Morgan fingerprint density at radius 3 is 1.91 bits per heavy atom. The number of amides is 3. The van der Waals surface area contributed by atoms with Crippen molar-refractivity contribution in [3.8, 4) is 0 Å². The lowest BCUT2D eigenvalue weighted by molar-refractivity contribution is -0.143. The molecule has 2 atom stereocenters. The fourth-order valence-electron chi connectivity index (χ4n) is 6.10. The van der Waals surface area contributed by atoms with Gasteiger partial charge in [0, 0.05) is 63.6 Å². The summed E-state index contributed by atoms with van der Waals surface area (Å²) in [5.41, 5.74) is -2.83. The smallest absolute Gasteiger partial charge is 0.343 e. The van der Waals surface area contributed by atoms with Crippen LogP contribution in [0.1, 0.15) is 64.7 Å². The summed E-state index contributed by atoms with van der Waals surface area (Å²) in [6, 6.07) is 4.08. The first-order valence-corrected chi connectivity index (χ1v) is 13.8. The van der Waals surface area contributed by atoms with E-state index in [0.29, 0.717) is 49.2 Å². The summed E-state index contributed by atoms with van der Waals surface area (Å²) in [7, 11) is 1.31. The molecule has 0 saturated carbocycles. The van der Waals surface area contributed by atoms with Crippen LogP contribution in [0.3, 0.4) is 0 Å². The zero-order valence-electron chi connectivity index (χ0n) is 23.9. The van der Waals surface area contributed by atoms with Crippen LogP contribution < -0.4 is 0 Å². The van der Waals surface area contributed by atoms with Gasteiger partial charge in [0.2, 0.25) is 11.8 Å². The van der Waals surface area contributed by atoms with Crippen LogP contribution in [0, 0.1) is 18.7 Å². The van der Waals surface area contributed by atoms with E-state index in [1.807, 2.05) is 0 Å². The molecule has 0 aliphatic carbocycles. The van der Waals surface area contributed by atoms with E-state index in [4.69, 9.17) is 0 Å². The summed E-state index contributed by atoms with van der Waals surface area (Å²) in [4.78, 5) is 43.1. The normalized spacial score (nSPS) is 20.2. The average molecular weight is 616 g/mol. The van der Waals surface area contributed by atoms with Crippen LogP contribution in [0.2, 0.25) is 0 Å². The molecule has 2 heterocycles. The first kappa shape index (κ1) is 32.3. The van der Waals surface area contributed by atoms with E-state index in [2.05, 4.69) is 0 Å². The quantitative estimate of drug-likeness (QED) is 0.404. The fourth-order valence-corrected chi connectivity index (χ4v) is 6.10. The maximum atomic E-state index is 14.0. The number of likely N-dealkylation sites (tertiary alicyclic amines) is 2. The minimum Gasteiger partial charge on any atom is -0.343 e. The van der Waals surface area contributed by atoms with E-state index >= 15 is 0 Å². The Bertz CT molecular complexity index is 1350. The van der Waals surface area contributed by atoms with Crippen LogP contribution in [0.25, 0.3) is 0 Å². The second-order valence-electron chi connectivity index (χ2n) is 11.2. The van der Waals surface area contributed by atoms with E-state index in [-0.39, 0.29) is 43.3 Å². The molecule has 0 spiro atoms. The standard InChI is InChI=1S/C30H32F7N3O3/c1-17-12-23(31)4-5-24(17)25-16-40(28(43)19-6-9-39(10-7-19)18(2)41)11-8-26(25)38(3)27(42)20-13-21(29(32,33)34)15-22(14-20)30(35,36)37/h4-5,12-15,19,25-26H,6-11,16H2,1-3H3/t25-,26+/m0/s1. The third kappa shape index (κ3) is 7.13. The molecule has 2 aliphatic heterocycles. The zero-order valence-corrected chi connectivity index (χ0v) is 23.9. The minimum atomic E-state index is -5.12. The van der Waals surface area contributed by atoms with Crippen LogP contribution in [0.4, 0.5) is 30.7 Å². The number of alkyl halides is 6. The molecule has 0 radical (unpaired) electrons. The van der Waals surface area contributed by atoms with Gasteiger partial charge in [-0.1, -0.05) is 6.07 Å². The molecule has 2 fully saturated rings. The van der Waals surface area contributed by atoms with Gasteiger partial charge in [-0.2, -0.15) is 26.3 Å². The first-order valence-electron chi connectivity index (χ1n) is 13.8. The number of carbonyl (C=O) groups is 3. The van der Waals surface area contributed by atoms with Crippen molar-refractivity contribution in [3.63, 3.8) is 0 Å². The topological polar surface area (TPSA) is 60.9 Å². The van der Waals surface area contributed by atoms with Gasteiger partial charge in [-0.15, -0.1) is 0 Å². The highest BCUT2D eigenvalue weighted by atomic mass is 19.4. The SMILES string of the molecule is CC(=O)N1CCC(C(=O)N2CC[C@@H](N(C)C(=O)c3cc(C(F)(F)F)cc(C(F)(F)F)c3)[C@H](c3ccc(F)cc3C)C2)CC1. The molecule has 2 aromatic rings. The molecule has 3 amide bonds. The van der Waals surface area contributed by atoms with Crippen LogP contribution in [0.15, 0.2) is 36.4 Å². The fraction of sp³-hybridized carbons (Fsp3) is 0.500. The highest BCUT2D eigenvalue weighted by Crippen LogP contribution is 2.38. The number of halogens is 7. The molecule has 0 aromatic heterocycles. The van der Waals surface area contributed by atoms with Crippen LogP contribution in [-0.4, -0.2) is 71.7 Å². The molecule has 234 valence electrons. The van der Waals surface area contributed by atoms with Gasteiger partial charge >= 0.3 is 12.4 Å². The van der Waals surface area contributed by atoms with Crippen molar-refractivity contribution in [2.24, 2.45) is 5.92 Å². The Balaban J connectivity index is 1.64. The Hall–Kier alpha value is -3.64. The number of hydrogen-bond donors (Lipinski definition) is 0. The molecular weight excluding hydrogens is 583 g/mol. The second kappa shape index (κ2) is 12.2. The number of rotatable bonds is 4. The maximum absolute atomic E-state index is 14.0. The molecular formula is C30H32F7N3O3. The molecule has 0 unspecified atom stereocenters. The lowest BCUT2D eigenvalue weighted by atomic mass is 9.82. The number of aryl methyl sites for hydroxylation is 1.